The summed E-state index contributed by atoms with van der Waals surface area (Å²) in [5.41, 5.74) is 7.23. The highest BCUT2D eigenvalue weighted by Gasteiger charge is 2.22. The van der Waals surface area contributed by atoms with Crippen molar-refractivity contribution in [3.8, 4) is 34.4 Å². The van der Waals surface area contributed by atoms with E-state index in [1.165, 1.54) is 20.9 Å². The second kappa shape index (κ2) is 11.1. The summed E-state index contributed by atoms with van der Waals surface area (Å²) in [6.45, 7) is 0. The van der Waals surface area contributed by atoms with Gasteiger partial charge in [0.1, 0.15) is 0 Å². The molecule has 0 aliphatic carbocycles. The van der Waals surface area contributed by atoms with Crippen molar-refractivity contribution in [1.29, 1.82) is 0 Å². The second-order valence-corrected chi connectivity index (χ2v) is 13.9. The zero-order valence-corrected chi connectivity index (χ0v) is 28.2. The lowest BCUT2D eigenvalue weighted by molar-refractivity contribution is 0.589. The van der Waals surface area contributed by atoms with Crippen LogP contribution in [0.5, 0.6) is 0 Å². The van der Waals surface area contributed by atoms with Crippen LogP contribution in [0, 0.1) is 5.95 Å². The molecule has 6 nitrogen and oxygen atoms in total. The molecule has 0 saturated carbocycles. The largest absolute Gasteiger partial charge is 0.307 e. The maximum Gasteiger partial charge on any atom is 0.238 e. The van der Waals surface area contributed by atoms with E-state index in [4.69, 9.17) is 15.0 Å². The van der Waals surface area contributed by atoms with Gasteiger partial charge in [-0.3, -0.25) is 4.57 Å². The smallest absolute Gasteiger partial charge is 0.238 e. The highest BCUT2D eigenvalue weighted by atomic mass is 32.1. The molecule has 0 aliphatic heterocycles. The first kappa shape index (κ1) is 29.0. The van der Waals surface area contributed by atoms with Gasteiger partial charge in [-0.15, -0.1) is 11.3 Å². The van der Waals surface area contributed by atoms with Gasteiger partial charge in [0.05, 0.1) is 27.6 Å². The summed E-state index contributed by atoms with van der Waals surface area (Å²) >= 11 is 1.77. The predicted octanol–water partition coefficient (Wildman–Crippen LogP) is 11.3. The molecule has 11 rings (SSSR count). The minimum atomic E-state index is -0.498. The van der Waals surface area contributed by atoms with Gasteiger partial charge >= 0.3 is 0 Å². The van der Waals surface area contributed by atoms with Crippen LogP contribution in [0.2, 0.25) is 0 Å². The summed E-state index contributed by atoms with van der Waals surface area (Å²) in [5, 5.41) is 5.35. The number of fused-ring (bicyclic) bond motifs is 10. The quantitative estimate of drug-likeness (QED) is 0.173. The SMILES string of the molecule is Fc1ccc2c(n1)c1ccc3sc4ccccc4c3c1n2-c1ccc2c(c1)c1ccccc1n2-c1nc(-c2ccccc2)nc(-c2ccccc2)n1. The van der Waals surface area contributed by atoms with Crippen molar-refractivity contribution >= 4 is 75.3 Å². The molecule has 5 aromatic heterocycles. The number of nitrogens with zero attached hydrogens (tertiary/aromatic N) is 6. The molecule has 244 valence electrons. The van der Waals surface area contributed by atoms with Crippen LogP contribution in [0.15, 0.2) is 152 Å². The first-order valence-corrected chi connectivity index (χ1v) is 17.8. The van der Waals surface area contributed by atoms with Crippen LogP contribution in [0.1, 0.15) is 0 Å². The summed E-state index contributed by atoms with van der Waals surface area (Å²) < 4.78 is 21.5. The number of hydrogen-bond donors (Lipinski definition) is 0. The highest BCUT2D eigenvalue weighted by molar-refractivity contribution is 7.26. The summed E-state index contributed by atoms with van der Waals surface area (Å²) in [5.74, 6) is 1.24. The van der Waals surface area contributed by atoms with Gasteiger partial charge in [-0.2, -0.15) is 14.4 Å². The fraction of sp³-hybridized carbons (Fsp3) is 0. The van der Waals surface area contributed by atoms with E-state index < -0.39 is 5.95 Å². The monoisotopic (exact) mass is 688 g/mol. The molecule has 0 saturated heterocycles. The van der Waals surface area contributed by atoms with E-state index in [-0.39, 0.29) is 0 Å². The zero-order chi connectivity index (χ0) is 34.3. The summed E-state index contributed by atoms with van der Waals surface area (Å²) in [7, 11) is 0. The standard InChI is InChI=1S/C44H25FN6S/c45-38-24-22-35-40(46-38)31-20-23-37-39(30-16-8-10-18-36(30)52-37)41(31)50(35)28-19-21-34-32(25-28)29-15-7-9-17-33(29)51(34)44-48-42(26-11-3-1-4-12-26)47-43(49-44)27-13-5-2-6-14-27/h1-25H. The summed E-state index contributed by atoms with van der Waals surface area (Å²) in [4.78, 5) is 19.5. The number of aromatic nitrogens is 6. The molecule has 5 heterocycles. The number of benzene rings is 6. The summed E-state index contributed by atoms with van der Waals surface area (Å²) in [6.07, 6.45) is 0. The van der Waals surface area contributed by atoms with E-state index in [0.717, 1.165) is 60.4 Å². The molecule has 0 bridgehead atoms. The second-order valence-electron chi connectivity index (χ2n) is 12.8. The Balaban J connectivity index is 1.21. The molecular formula is C44H25FN6S. The molecule has 0 atom stereocenters. The van der Waals surface area contributed by atoms with E-state index in [1.807, 2.05) is 72.8 Å². The molecule has 0 N–H and O–H groups in total. The van der Waals surface area contributed by atoms with Gasteiger partial charge in [-0.1, -0.05) is 97.1 Å². The molecule has 0 radical (unpaired) electrons. The lowest BCUT2D eigenvalue weighted by Crippen LogP contribution is -2.06. The fourth-order valence-electron chi connectivity index (χ4n) is 7.63. The van der Waals surface area contributed by atoms with Gasteiger partial charge in [0.25, 0.3) is 0 Å². The minimum Gasteiger partial charge on any atom is -0.307 e. The van der Waals surface area contributed by atoms with Gasteiger partial charge in [0, 0.05) is 53.1 Å². The topological polar surface area (TPSA) is 61.4 Å². The van der Waals surface area contributed by atoms with Crippen molar-refractivity contribution in [3.05, 3.63) is 158 Å². The van der Waals surface area contributed by atoms with E-state index >= 15 is 0 Å². The average Bonchev–Trinajstić information content (AvgIpc) is 3.85. The first-order chi connectivity index (χ1) is 25.7. The lowest BCUT2D eigenvalue weighted by Gasteiger charge is -2.12. The van der Waals surface area contributed by atoms with Crippen molar-refractivity contribution in [1.82, 2.24) is 29.1 Å². The Bertz CT molecular complexity index is 3140. The van der Waals surface area contributed by atoms with E-state index in [1.54, 1.807) is 11.3 Å². The molecule has 0 fully saturated rings. The number of hydrogen-bond acceptors (Lipinski definition) is 5. The van der Waals surface area contributed by atoms with Crippen molar-refractivity contribution in [3.63, 3.8) is 0 Å². The van der Waals surface area contributed by atoms with Crippen molar-refractivity contribution < 1.29 is 4.39 Å². The van der Waals surface area contributed by atoms with Crippen LogP contribution in [-0.4, -0.2) is 29.1 Å². The Morgan fingerprint density at radius 1 is 0.462 bits per heavy atom. The van der Waals surface area contributed by atoms with E-state index in [9.17, 15) is 4.39 Å². The van der Waals surface area contributed by atoms with Gasteiger partial charge in [0.15, 0.2) is 11.6 Å². The van der Waals surface area contributed by atoms with Crippen molar-refractivity contribution in [2.24, 2.45) is 0 Å². The normalized spacial score (nSPS) is 11.9. The number of thiophene rings is 1. The molecule has 11 aromatic rings. The van der Waals surface area contributed by atoms with Crippen LogP contribution < -0.4 is 0 Å². The Kier molecular flexibility index (Phi) is 6.20. The number of para-hydroxylation sites is 1. The Hall–Kier alpha value is -6.77. The van der Waals surface area contributed by atoms with Crippen LogP contribution in [0.3, 0.4) is 0 Å². The number of halogens is 1. The molecular weight excluding hydrogens is 664 g/mol. The molecule has 0 unspecified atom stereocenters. The van der Waals surface area contributed by atoms with Crippen LogP contribution in [0.4, 0.5) is 4.39 Å². The third kappa shape index (κ3) is 4.28. The third-order valence-corrected chi connectivity index (χ3v) is 11.0. The van der Waals surface area contributed by atoms with Gasteiger partial charge in [-0.05, 0) is 54.6 Å². The van der Waals surface area contributed by atoms with Crippen LogP contribution in [0.25, 0.3) is 98.3 Å². The first-order valence-electron chi connectivity index (χ1n) is 17.0. The molecule has 0 aliphatic rings. The van der Waals surface area contributed by atoms with Crippen molar-refractivity contribution in [2.75, 3.05) is 0 Å². The summed E-state index contributed by atoms with van der Waals surface area (Å²) in [6, 6.07) is 50.9. The van der Waals surface area contributed by atoms with Crippen LogP contribution in [-0.2, 0) is 0 Å². The lowest BCUT2D eigenvalue weighted by atomic mass is 10.1. The van der Waals surface area contributed by atoms with E-state index in [2.05, 4.69) is 86.9 Å². The third-order valence-electron chi connectivity index (χ3n) is 9.88. The predicted molar refractivity (Wildman–Crippen MR) is 210 cm³/mol. The van der Waals surface area contributed by atoms with Gasteiger partial charge in [-0.25, -0.2) is 9.97 Å². The zero-order valence-electron chi connectivity index (χ0n) is 27.4. The fourth-order valence-corrected chi connectivity index (χ4v) is 8.74. The van der Waals surface area contributed by atoms with Gasteiger partial charge in [0.2, 0.25) is 11.9 Å². The molecule has 0 amide bonds. The molecule has 52 heavy (non-hydrogen) atoms. The Morgan fingerprint density at radius 2 is 1.12 bits per heavy atom. The van der Waals surface area contributed by atoms with Crippen LogP contribution >= 0.6 is 11.3 Å². The highest BCUT2D eigenvalue weighted by Crippen LogP contribution is 2.43. The molecule has 0 spiro atoms. The maximum absolute atomic E-state index is 14.8. The van der Waals surface area contributed by atoms with Crippen molar-refractivity contribution in [2.45, 2.75) is 0 Å². The molecule has 6 aromatic carbocycles. The number of rotatable bonds is 4. The Labute approximate surface area is 299 Å². The minimum absolute atomic E-state index is 0.498. The maximum atomic E-state index is 14.8. The number of pyridine rings is 1. The Morgan fingerprint density at radius 3 is 1.88 bits per heavy atom. The van der Waals surface area contributed by atoms with Gasteiger partial charge < -0.3 is 4.57 Å². The average molecular weight is 689 g/mol. The molecule has 8 heteroatoms. The van der Waals surface area contributed by atoms with E-state index in [0.29, 0.717) is 23.1 Å².